The van der Waals surface area contributed by atoms with E-state index in [0.717, 1.165) is 12.3 Å². The first kappa shape index (κ1) is 12.1. The van der Waals surface area contributed by atoms with Crippen molar-refractivity contribution < 1.29 is 0 Å². The largest absolute Gasteiger partial charge is 0.383 e. The summed E-state index contributed by atoms with van der Waals surface area (Å²) in [5.41, 5.74) is 2.65. The highest BCUT2D eigenvalue weighted by Crippen LogP contribution is 2.14. The van der Waals surface area contributed by atoms with Crippen LogP contribution in [0, 0.1) is 5.92 Å². The van der Waals surface area contributed by atoms with Gasteiger partial charge in [0.15, 0.2) is 0 Å². The number of hydrogen-bond acceptors (Lipinski definition) is 1. The molecule has 0 amide bonds. The lowest BCUT2D eigenvalue weighted by Crippen LogP contribution is -2.17. The second-order valence-corrected chi connectivity index (χ2v) is 4.73. The van der Waals surface area contributed by atoms with Gasteiger partial charge in [0, 0.05) is 11.7 Å². The van der Waals surface area contributed by atoms with Gasteiger partial charge >= 0.3 is 0 Å². The van der Waals surface area contributed by atoms with Crippen LogP contribution in [0.4, 0.5) is 5.69 Å². The maximum absolute atomic E-state index is 3.55. The minimum Gasteiger partial charge on any atom is -0.383 e. The van der Waals surface area contributed by atoms with E-state index < -0.39 is 0 Å². The Labute approximate surface area is 93.9 Å². The van der Waals surface area contributed by atoms with Crippen molar-refractivity contribution in [3.05, 3.63) is 29.8 Å². The van der Waals surface area contributed by atoms with Crippen LogP contribution >= 0.6 is 0 Å². The Morgan fingerprint density at radius 2 is 1.93 bits per heavy atom. The van der Waals surface area contributed by atoms with Crippen LogP contribution in [0.15, 0.2) is 24.3 Å². The van der Waals surface area contributed by atoms with E-state index in [0.29, 0.717) is 6.04 Å². The zero-order valence-corrected chi connectivity index (χ0v) is 10.4. The lowest BCUT2D eigenvalue weighted by atomic mass is 10.0. The van der Waals surface area contributed by atoms with Crippen molar-refractivity contribution in [3.8, 4) is 0 Å². The van der Waals surface area contributed by atoms with Crippen LogP contribution in [0.1, 0.15) is 39.7 Å². The number of benzene rings is 1. The molecule has 0 bridgehead atoms. The Kier molecular flexibility index (Phi) is 4.67. The molecule has 1 heteroatoms. The molecule has 0 aromatic heterocycles. The molecule has 1 aromatic carbocycles. The van der Waals surface area contributed by atoms with E-state index in [1.807, 2.05) is 0 Å². The number of rotatable bonds is 5. The summed E-state index contributed by atoms with van der Waals surface area (Å²) >= 11 is 0. The first-order valence-electron chi connectivity index (χ1n) is 5.97. The van der Waals surface area contributed by atoms with Crippen LogP contribution in [0.2, 0.25) is 0 Å². The molecule has 1 nitrogen and oxygen atoms in total. The average molecular weight is 205 g/mol. The fourth-order valence-electron chi connectivity index (χ4n) is 1.93. The van der Waals surface area contributed by atoms with Crippen LogP contribution in [0.3, 0.4) is 0 Å². The molecule has 0 fully saturated rings. The Bertz CT molecular complexity index is 291. The third-order valence-corrected chi connectivity index (χ3v) is 2.57. The molecule has 1 aromatic rings. The van der Waals surface area contributed by atoms with Gasteiger partial charge in [-0.3, -0.25) is 0 Å². The first-order chi connectivity index (χ1) is 7.11. The van der Waals surface area contributed by atoms with Gasteiger partial charge < -0.3 is 5.32 Å². The molecule has 0 radical (unpaired) electrons. The predicted molar refractivity (Wildman–Crippen MR) is 68.4 cm³/mol. The van der Waals surface area contributed by atoms with Crippen molar-refractivity contribution in [2.75, 3.05) is 5.32 Å². The van der Waals surface area contributed by atoms with Crippen LogP contribution in [0.5, 0.6) is 0 Å². The fraction of sp³-hybridized carbons (Fsp3) is 0.571. The highest BCUT2D eigenvalue weighted by atomic mass is 14.9. The van der Waals surface area contributed by atoms with Gasteiger partial charge in [0.25, 0.3) is 0 Å². The van der Waals surface area contributed by atoms with Gasteiger partial charge in [0.05, 0.1) is 0 Å². The minimum atomic E-state index is 0.553. The third-order valence-electron chi connectivity index (χ3n) is 2.57. The summed E-state index contributed by atoms with van der Waals surface area (Å²) in [6.45, 7) is 8.97. The summed E-state index contributed by atoms with van der Waals surface area (Å²) in [5, 5.41) is 3.55. The standard InChI is InChI=1S/C14H23N/c1-5-13-7-6-8-14(10-13)15-12(4)9-11(2)3/h6-8,10-12,15H,5,9H2,1-4H3. The van der Waals surface area contributed by atoms with Gasteiger partial charge in [0.2, 0.25) is 0 Å². The van der Waals surface area contributed by atoms with Crippen LogP contribution < -0.4 is 5.32 Å². The molecule has 0 saturated heterocycles. The molecule has 1 N–H and O–H groups in total. The summed E-state index contributed by atoms with van der Waals surface area (Å²) in [7, 11) is 0. The third kappa shape index (κ3) is 4.37. The average Bonchev–Trinajstić information content (AvgIpc) is 2.16. The summed E-state index contributed by atoms with van der Waals surface area (Å²) in [5.74, 6) is 0.752. The van der Waals surface area contributed by atoms with Crippen LogP contribution in [0.25, 0.3) is 0 Å². The smallest absolute Gasteiger partial charge is 0.0344 e. The normalized spacial score (nSPS) is 12.9. The van der Waals surface area contributed by atoms with Gasteiger partial charge in [-0.25, -0.2) is 0 Å². The van der Waals surface area contributed by atoms with E-state index in [-0.39, 0.29) is 0 Å². The van der Waals surface area contributed by atoms with E-state index in [4.69, 9.17) is 0 Å². The SMILES string of the molecule is CCc1cccc(NC(C)CC(C)C)c1. The molecule has 1 atom stereocenters. The Morgan fingerprint density at radius 3 is 2.53 bits per heavy atom. The molecule has 0 aliphatic rings. The summed E-state index contributed by atoms with van der Waals surface area (Å²) in [4.78, 5) is 0. The Hall–Kier alpha value is -0.980. The quantitative estimate of drug-likeness (QED) is 0.763. The van der Waals surface area contributed by atoms with Gasteiger partial charge in [-0.1, -0.05) is 32.9 Å². The van der Waals surface area contributed by atoms with Gasteiger partial charge in [-0.15, -0.1) is 0 Å². The second kappa shape index (κ2) is 5.79. The van der Waals surface area contributed by atoms with Gasteiger partial charge in [0.1, 0.15) is 0 Å². The van der Waals surface area contributed by atoms with E-state index in [9.17, 15) is 0 Å². The molecule has 0 aliphatic heterocycles. The highest BCUT2D eigenvalue weighted by Gasteiger charge is 2.04. The molecule has 0 saturated carbocycles. The summed E-state index contributed by atoms with van der Waals surface area (Å²) in [6, 6.07) is 9.26. The zero-order valence-electron chi connectivity index (χ0n) is 10.4. The van der Waals surface area contributed by atoms with Crippen molar-refractivity contribution in [3.63, 3.8) is 0 Å². The van der Waals surface area contributed by atoms with Crippen molar-refractivity contribution in [1.82, 2.24) is 0 Å². The van der Waals surface area contributed by atoms with Crippen molar-refractivity contribution in [2.24, 2.45) is 5.92 Å². The van der Waals surface area contributed by atoms with Crippen LogP contribution in [-0.2, 0) is 6.42 Å². The molecule has 0 aliphatic carbocycles. The number of aryl methyl sites for hydroxylation is 1. The molecule has 84 valence electrons. The van der Waals surface area contributed by atoms with Gasteiger partial charge in [-0.05, 0) is 43.4 Å². The van der Waals surface area contributed by atoms with E-state index in [1.165, 1.54) is 17.7 Å². The zero-order chi connectivity index (χ0) is 11.3. The second-order valence-electron chi connectivity index (χ2n) is 4.73. The van der Waals surface area contributed by atoms with Crippen LogP contribution in [-0.4, -0.2) is 6.04 Å². The number of nitrogens with one attached hydrogen (secondary N) is 1. The van der Waals surface area contributed by atoms with Crippen molar-refractivity contribution >= 4 is 5.69 Å². The lowest BCUT2D eigenvalue weighted by molar-refractivity contribution is 0.540. The molecule has 1 unspecified atom stereocenters. The fourth-order valence-corrected chi connectivity index (χ4v) is 1.93. The molecular formula is C14H23N. The van der Waals surface area contributed by atoms with Gasteiger partial charge in [-0.2, -0.15) is 0 Å². The minimum absolute atomic E-state index is 0.553. The lowest BCUT2D eigenvalue weighted by Gasteiger charge is -2.17. The Balaban J connectivity index is 2.55. The summed E-state index contributed by atoms with van der Waals surface area (Å²) < 4.78 is 0. The first-order valence-corrected chi connectivity index (χ1v) is 5.97. The van der Waals surface area contributed by atoms with Crippen molar-refractivity contribution in [1.29, 1.82) is 0 Å². The number of anilines is 1. The molecule has 0 heterocycles. The maximum atomic E-state index is 3.55. The molecule has 0 spiro atoms. The van der Waals surface area contributed by atoms with E-state index >= 15 is 0 Å². The topological polar surface area (TPSA) is 12.0 Å². The summed E-state index contributed by atoms with van der Waals surface area (Å²) in [6.07, 6.45) is 2.32. The molecular weight excluding hydrogens is 182 g/mol. The number of hydrogen-bond donors (Lipinski definition) is 1. The molecule has 1 rings (SSSR count). The monoisotopic (exact) mass is 205 g/mol. The van der Waals surface area contributed by atoms with E-state index in [2.05, 4.69) is 57.3 Å². The maximum Gasteiger partial charge on any atom is 0.0344 e. The van der Waals surface area contributed by atoms with E-state index in [1.54, 1.807) is 0 Å². The predicted octanol–water partition coefficient (Wildman–Crippen LogP) is 4.10. The van der Waals surface area contributed by atoms with Crippen molar-refractivity contribution in [2.45, 2.75) is 46.6 Å². The molecule has 15 heavy (non-hydrogen) atoms. The Morgan fingerprint density at radius 1 is 1.20 bits per heavy atom. The highest BCUT2D eigenvalue weighted by molar-refractivity contribution is 5.46.